The van der Waals surface area contributed by atoms with E-state index in [1.165, 1.54) is 0 Å². The first-order valence-corrected chi connectivity index (χ1v) is 6.28. The number of nitrogens with zero attached hydrogens (tertiary/aromatic N) is 3. The van der Waals surface area contributed by atoms with E-state index >= 15 is 0 Å². The maximum absolute atomic E-state index is 12.2. The molecule has 0 saturated heterocycles. The van der Waals surface area contributed by atoms with Gasteiger partial charge in [0.2, 0.25) is 0 Å². The number of imidazole rings is 1. The second-order valence-electron chi connectivity index (χ2n) is 4.70. The van der Waals surface area contributed by atoms with E-state index in [0.29, 0.717) is 5.56 Å². The summed E-state index contributed by atoms with van der Waals surface area (Å²) in [5, 5.41) is 2.86. The molecule has 0 unspecified atom stereocenters. The Balaban J connectivity index is 1.88. The Morgan fingerprint density at radius 3 is 2.85 bits per heavy atom. The molecule has 0 aliphatic carbocycles. The number of pyridine rings is 1. The lowest BCUT2D eigenvalue weighted by molar-refractivity contribution is 0.102. The van der Waals surface area contributed by atoms with Gasteiger partial charge in [-0.05, 0) is 37.3 Å². The van der Waals surface area contributed by atoms with E-state index in [9.17, 15) is 4.79 Å². The van der Waals surface area contributed by atoms with Crippen molar-refractivity contribution >= 4 is 22.6 Å². The average molecular weight is 266 g/mol. The van der Waals surface area contributed by atoms with Crippen molar-refractivity contribution in [1.82, 2.24) is 14.5 Å². The van der Waals surface area contributed by atoms with Gasteiger partial charge in [-0.25, -0.2) is 4.98 Å². The first-order chi connectivity index (χ1) is 9.63. The molecule has 1 aromatic carbocycles. The molecule has 2 aromatic heterocycles. The molecule has 3 aromatic rings. The highest BCUT2D eigenvalue weighted by molar-refractivity contribution is 6.05. The quantitative estimate of drug-likeness (QED) is 0.775. The minimum atomic E-state index is -0.150. The van der Waals surface area contributed by atoms with Crippen LogP contribution in [0.1, 0.15) is 16.1 Å². The maximum atomic E-state index is 12.2. The average Bonchev–Trinajstić information content (AvgIpc) is 2.80. The smallest absolute Gasteiger partial charge is 0.255 e. The highest BCUT2D eigenvalue weighted by atomic mass is 16.1. The summed E-state index contributed by atoms with van der Waals surface area (Å²) in [7, 11) is 1.93. The fraction of sp³-hybridized carbons (Fsp3) is 0.133. The van der Waals surface area contributed by atoms with E-state index in [-0.39, 0.29) is 5.91 Å². The number of hydrogen-bond donors (Lipinski definition) is 1. The molecule has 0 bridgehead atoms. The normalized spacial score (nSPS) is 10.7. The van der Waals surface area contributed by atoms with Crippen LogP contribution in [-0.2, 0) is 7.05 Å². The molecule has 0 radical (unpaired) electrons. The molecule has 100 valence electrons. The van der Waals surface area contributed by atoms with Crippen molar-refractivity contribution in [3.8, 4) is 0 Å². The third-order valence-electron chi connectivity index (χ3n) is 3.14. The summed E-state index contributed by atoms with van der Waals surface area (Å²) in [5.74, 6) is -0.150. The number of aryl methyl sites for hydroxylation is 2. The van der Waals surface area contributed by atoms with Crippen molar-refractivity contribution in [3.05, 3.63) is 54.1 Å². The number of rotatable bonds is 2. The van der Waals surface area contributed by atoms with Gasteiger partial charge in [-0.3, -0.25) is 9.78 Å². The van der Waals surface area contributed by atoms with Crippen LogP contribution in [-0.4, -0.2) is 20.4 Å². The number of carbonyl (C=O) groups excluding carboxylic acids is 1. The van der Waals surface area contributed by atoms with E-state index in [1.54, 1.807) is 30.7 Å². The van der Waals surface area contributed by atoms with Crippen molar-refractivity contribution in [3.63, 3.8) is 0 Å². The third kappa shape index (κ3) is 2.25. The summed E-state index contributed by atoms with van der Waals surface area (Å²) in [4.78, 5) is 20.6. The Labute approximate surface area is 116 Å². The van der Waals surface area contributed by atoms with Crippen LogP contribution in [0.5, 0.6) is 0 Å². The Bertz CT molecular complexity index is 791. The fourth-order valence-corrected chi connectivity index (χ4v) is 2.10. The number of anilines is 1. The number of nitrogens with one attached hydrogen (secondary N) is 1. The Hall–Kier alpha value is -2.69. The molecule has 0 aliphatic rings. The molecule has 0 atom stereocenters. The summed E-state index contributed by atoms with van der Waals surface area (Å²) >= 11 is 0. The highest BCUT2D eigenvalue weighted by Gasteiger charge is 2.09. The first-order valence-electron chi connectivity index (χ1n) is 6.28. The number of benzene rings is 1. The molecule has 1 amide bonds. The summed E-state index contributed by atoms with van der Waals surface area (Å²) < 4.78 is 1.92. The van der Waals surface area contributed by atoms with Crippen LogP contribution in [0, 0.1) is 6.92 Å². The molecule has 0 spiro atoms. The van der Waals surface area contributed by atoms with Crippen LogP contribution in [0.4, 0.5) is 5.69 Å². The predicted molar refractivity (Wildman–Crippen MR) is 77.6 cm³/mol. The van der Waals surface area contributed by atoms with Gasteiger partial charge in [0.15, 0.2) is 0 Å². The zero-order valence-electron chi connectivity index (χ0n) is 11.3. The maximum Gasteiger partial charge on any atom is 0.255 e. The van der Waals surface area contributed by atoms with Crippen molar-refractivity contribution in [2.45, 2.75) is 6.92 Å². The minimum Gasteiger partial charge on any atom is -0.334 e. The van der Waals surface area contributed by atoms with E-state index in [0.717, 1.165) is 22.4 Å². The Morgan fingerprint density at radius 1 is 1.20 bits per heavy atom. The van der Waals surface area contributed by atoms with Gasteiger partial charge in [0.25, 0.3) is 5.91 Å². The topological polar surface area (TPSA) is 59.8 Å². The molecule has 3 rings (SSSR count). The lowest BCUT2D eigenvalue weighted by Gasteiger charge is -2.06. The van der Waals surface area contributed by atoms with Gasteiger partial charge in [0.05, 0.1) is 17.4 Å². The van der Waals surface area contributed by atoms with Crippen LogP contribution in [0.15, 0.2) is 42.9 Å². The zero-order valence-corrected chi connectivity index (χ0v) is 11.3. The minimum absolute atomic E-state index is 0.150. The highest BCUT2D eigenvalue weighted by Crippen LogP contribution is 2.15. The molecule has 1 N–H and O–H groups in total. The van der Waals surface area contributed by atoms with E-state index < -0.39 is 0 Å². The second kappa shape index (κ2) is 4.77. The number of carbonyl (C=O) groups is 1. The molecule has 5 heteroatoms. The first kappa shape index (κ1) is 12.3. The van der Waals surface area contributed by atoms with Crippen molar-refractivity contribution in [2.24, 2.45) is 7.05 Å². The van der Waals surface area contributed by atoms with Gasteiger partial charge in [-0.1, -0.05) is 0 Å². The van der Waals surface area contributed by atoms with Gasteiger partial charge >= 0.3 is 0 Å². The monoisotopic (exact) mass is 266 g/mol. The standard InChI is InChI=1S/C15H14N4O/c1-10-7-12(5-6-16-10)18-15(20)11-3-4-14-13(8-11)17-9-19(14)2/h3-9H,1-2H3,(H,16,18,20). The van der Waals surface area contributed by atoms with Crippen LogP contribution >= 0.6 is 0 Å². The number of fused-ring (bicyclic) bond motifs is 1. The number of amides is 1. The fourth-order valence-electron chi connectivity index (χ4n) is 2.10. The van der Waals surface area contributed by atoms with Crippen LogP contribution in [0.25, 0.3) is 11.0 Å². The number of hydrogen-bond acceptors (Lipinski definition) is 3. The molecule has 0 aliphatic heterocycles. The molecule has 0 saturated carbocycles. The largest absolute Gasteiger partial charge is 0.334 e. The van der Waals surface area contributed by atoms with Crippen LogP contribution in [0.3, 0.4) is 0 Å². The zero-order chi connectivity index (χ0) is 14.1. The SMILES string of the molecule is Cc1cc(NC(=O)c2ccc3c(c2)ncn3C)ccn1. The van der Waals surface area contributed by atoms with Gasteiger partial charge in [-0.15, -0.1) is 0 Å². The summed E-state index contributed by atoms with van der Waals surface area (Å²) in [6.07, 6.45) is 3.41. The van der Waals surface area contributed by atoms with Gasteiger partial charge in [0.1, 0.15) is 0 Å². The van der Waals surface area contributed by atoms with E-state index in [2.05, 4.69) is 15.3 Å². The third-order valence-corrected chi connectivity index (χ3v) is 3.14. The molecule has 5 nitrogen and oxygen atoms in total. The van der Waals surface area contributed by atoms with Crippen LogP contribution < -0.4 is 5.32 Å². The molecule has 0 fully saturated rings. The predicted octanol–water partition coefficient (Wildman–Crippen LogP) is 2.53. The van der Waals surface area contributed by atoms with Gasteiger partial charge in [-0.2, -0.15) is 0 Å². The van der Waals surface area contributed by atoms with E-state index in [4.69, 9.17) is 0 Å². The molecular formula is C15H14N4O. The molecular weight excluding hydrogens is 252 g/mol. The van der Waals surface area contributed by atoms with Crippen molar-refractivity contribution in [1.29, 1.82) is 0 Å². The summed E-state index contributed by atoms with van der Waals surface area (Å²) in [6, 6.07) is 9.09. The van der Waals surface area contributed by atoms with Crippen molar-refractivity contribution in [2.75, 3.05) is 5.32 Å². The van der Waals surface area contributed by atoms with Crippen LogP contribution in [0.2, 0.25) is 0 Å². The van der Waals surface area contributed by atoms with Gasteiger partial charge in [0, 0.05) is 30.2 Å². The van der Waals surface area contributed by atoms with E-state index in [1.807, 2.05) is 30.7 Å². The van der Waals surface area contributed by atoms with Gasteiger partial charge < -0.3 is 9.88 Å². The molecule has 20 heavy (non-hydrogen) atoms. The summed E-state index contributed by atoms with van der Waals surface area (Å²) in [6.45, 7) is 1.88. The Morgan fingerprint density at radius 2 is 2.05 bits per heavy atom. The summed E-state index contributed by atoms with van der Waals surface area (Å²) in [5.41, 5.74) is 4.00. The molecule has 2 heterocycles. The van der Waals surface area contributed by atoms with Crippen molar-refractivity contribution < 1.29 is 4.79 Å². The lowest BCUT2D eigenvalue weighted by Crippen LogP contribution is -2.12. The Kier molecular flexibility index (Phi) is 2.95. The number of aromatic nitrogens is 3. The lowest BCUT2D eigenvalue weighted by atomic mass is 10.2. The second-order valence-corrected chi connectivity index (χ2v) is 4.70.